The molecule has 6 heteroatoms. The van der Waals surface area contributed by atoms with Gasteiger partial charge in [-0.25, -0.2) is 9.97 Å². The molecule has 98 valence electrons. The van der Waals surface area contributed by atoms with Crippen LogP contribution in [0.3, 0.4) is 0 Å². The minimum Gasteiger partial charge on any atom is -0.373 e. The van der Waals surface area contributed by atoms with E-state index < -0.39 is 0 Å². The molecule has 0 saturated heterocycles. The molecule has 0 unspecified atom stereocenters. The molecule has 2 rings (SSSR count). The van der Waals surface area contributed by atoms with Gasteiger partial charge in [0.2, 0.25) is 5.91 Å². The zero-order valence-corrected chi connectivity index (χ0v) is 10.8. The van der Waals surface area contributed by atoms with Crippen LogP contribution >= 0.6 is 0 Å². The van der Waals surface area contributed by atoms with Gasteiger partial charge in [0.15, 0.2) is 0 Å². The van der Waals surface area contributed by atoms with Gasteiger partial charge in [0.25, 0.3) is 0 Å². The molecule has 1 aromatic rings. The van der Waals surface area contributed by atoms with Crippen molar-refractivity contribution in [2.24, 2.45) is 0 Å². The van der Waals surface area contributed by atoms with Crippen molar-refractivity contribution in [1.29, 1.82) is 0 Å². The SMILES string of the molecule is CCc1nc(NC)cc(NCC(=O)NC2CC2)n1. The molecule has 6 nitrogen and oxygen atoms in total. The first-order chi connectivity index (χ1) is 8.71. The highest BCUT2D eigenvalue weighted by molar-refractivity contribution is 5.81. The zero-order chi connectivity index (χ0) is 13.0. The fourth-order valence-corrected chi connectivity index (χ4v) is 1.55. The first kappa shape index (κ1) is 12.6. The van der Waals surface area contributed by atoms with E-state index in [2.05, 4.69) is 25.9 Å². The van der Waals surface area contributed by atoms with Crippen molar-refractivity contribution < 1.29 is 4.79 Å². The van der Waals surface area contributed by atoms with Gasteiger partial charge in [-0.2, -0.15) is 0 Å². The predicted octanol–water partition coefficient (Wildman–Crippen LogP) is 0.771. The van der Waals surface area contributed by atoms with Crippen molar-refractivity contribution in [1.82, 2.24) is 15.3 Å². The maximum Gasteiger partial charge on any atom is 0.239 e. The van der Waals surface area contributed by atoms with E-state index in [4.69, 9.17) is 0 Å². The maximum atomic E-state index is 11.5. The highest BCUT2D eigenvalue weighted by Crippen LogP contribution is 2.18. The molecule has 0 atom stereocenters. The molecule has 18 heavy (non-hydrogen) atoms. The van der Waals surface area contributed by atoms with Gasteiger partial charge < -0.3 is 16.0 Å². The molecule has 0 radical (unpaired) electrons. The Labute approximate surface area is 107 Å². The molecule has 0 spiro atoms. The average Bonchev–Trinajstić information content (AvgIpc) is 3.19. The summed E-state index contributed by atoms with van der Waals surface area (Å²) >= 11 is 0. The third-order valence-corrected chi connectivity index (χ3v) is 2.72. The van der Waals surface area contributed by atoms with Crippen LogP contribution in [0, 0.1) is 0 Å². The van der Waals surface area contributed by atoms with E-state index in [0.29, 0.717) is 11.9 Å². The number of carbonyl (C=O) groups is 1. The van der Waals surface area contributed by atoms with E-state index in [1.54, 1.807) is 6.07 Å². The fraction of sp³-hybridized carbons (Fsp3) is 0.583. The van der Waals surface area contributed by atoms with Crippen molar-refractivity contribution in [3.05, 3.63) is 11.9 Å². The van der Waals surface area contributed by atoms with Gasteiger partial charge in [0.1, 0.15) is 17.5 Å². The zero-order valence-electron chi connectivity index (χ0n) is 10.8. The van der Waals surface area contributed by atoms with Crippen LogP contribution in [0.4, 0.5) is 11.6 Å². The van der Waals surface area contributed by atoms with Gasteiger partial charge in [0, 0.05) is 25.6 Å². The number of amides is 1. The van der Waals surface area contributed by atoms with Gasteiger partial charge in [-0.15, -0.1) is 0 Å². The van der Waals surface area contributed by atoms with Crippen molar-refractivity contribution in [2.45, 2.75) is 32.2 Å². The third-order valence-electron chi connectivity index (χ3n) is 2.72. The second kappa shape index (κ2) is 5.66. The molecule has 0 aromatic carbocycles. The standard InChI is InChI=1S/C12H19N5O/c1-3-9-16-10(13-2)6-11(17-9)14-7-12(18)15-8-4-5-8/h6,8H,3-5,7H2,1-2H3,(H,15,18)(H2,13,14,16,17). The number of aromatic nitrogens is 2. The largest absolute Gasteiger partial charge is 0.373 e. The van der Waals surface area contributed by atoms with Crippen LogP contribution in [0.2, 0.25) is 0 Å². The molecule has 1 aromatic heterocycles. The molecule has 1 heterocycles. The van der Waals surface area contributed by atoms with E-state index in [1.165, 1.54) is 0 Å². The molecule has 1 amide bonds. The molecule has 1 fully saturated rings. The Morgan fingerprint density at radius 1 is 1.39 bits per heavy atom. The van der Waals surface area contributed by atoms with Crippen LogP contribution in [0.5, 0.6) is 0 Å². The van der Waals surface area contributed by atoms with Crippen molar-refractivity contribution in [3.63, 3.8) is 0 Å². The van der Waals surface area contributed by atoms with Crippen LogP contribution < -0.4 is 16.0 Å². The Bertz CT molecular complexity index is 408. The van der Waals surface area contributed by atoms with Crippen molar-refractivity contribution >= 4 is 17.5 Å². The summed E-state index contributed by atoms with van der Waals surface area (Å²) in [6, 6.07) is 2.19. The first-order valence-electron chi connectivity index (χ1n) is 6.30. The summed E-state index contributed by atoms with van der Waals surface area (Å²) in [5.74, 6) is 2.20. The van der Waals surface area contributed by atoms with Crippen LogP contribution in [-0.2, 0) is 11.2 Å². The number of anilines is 2. The molecule has 1 aliphatic rings. The molecular formula is C12H19N5O. The van der Waals surface area contributed by atoms with Gasteiger partial charge in [-0.3, -0.25) is 4.79 Å². The van der Waals surface area contributed by atoms with Gasteiger partial charge in [-0.1, -0.05) is 6.92 Å². The number of aryl methyl sites for hydroxylation is 1. The quantitative estimate of drug-likeness (QED) is 0.694. The number of hydrogen-bond acceptors (Lipinski definition) is 5. The summed E-state index contributed by atoms with van der Waals surface area (Å²) < 4.78 is 0. The lowest BCUT2D eigenvalue weighted by Gasteiger charge is -2.09. The predicted molar refractivity (Wildman–Crippen MR) is 70.6 cm³/mol. The Kier molecular flexibility index (Phi) is 3.96. The highest BCUT2D eigenvalue weighted by atomic mass is 16.2. The van der Waals surface area contributed by atoms with E-state index in [1.807, 2.05) is 14.0 Å². The first-order valence-corrected chi connectivity index (χ1v) is 6.30. The monoisotopic (exact) mass is 249 g/mol. The lowest BCUT2D eigenvalue weighted by Crippen LogP contribution is -2.31. The average molecular weight is 249 g/mol. The normalized spacial score (nSPS) is 14.1. The van der Waals surface area contributed by atoms with E-state index in [9.17, 15) is 4.79 Å². The Morgan fingerprint density at radius 3 is 2.72 bits per heavy atom. The number of carbonyl (C=O) groups excluding carboxylic acids is 1. The van der Waals surface area contributed by atoms with Gasteiger partial charge in [0.05, 0.1) is 6.54 Å². The van der Waals surface area contributed by atoms with E-state index in [-0.39, 0.29) is 12.5 Å². The summed E-state index contributed by atoms with van der Waals surface area (Å²) in [6.45, 7) is 2.25. The molecule has 0 bridgehead atoms. The lowest BCUT2D eigenvalue weighted by atomic mass is 10.4. The van der Waals surface area contributed by atoms with Gasteiger partial charge >= 0.3 is 0 Å². The molecule has 0 aliphatic heterocycles. The van der Waals surface area contributed by atoms with Crippen LogP contribution in [0.1, 0.15) is 25.6 Å². The summed E-state index contributed by atoms with van der Waals surface area (Å²) in [7, 11) is 1.81. The second-order valence-electron chi connectivity index (χ2n) is 4.35. The second-order valence-corrected chi connectivity index (χ2v) is 4.35. The molecular weight excluding hydrogens is 230 g/mol. The number of hydrogen-bond donors (Lipinski definition) is 3. The minimum atomic E-state index is 0.0140. The van der Waals surface area contributed by atoms with Crippen LogP contribution in [0.25, 0.3) is 0 Å². The molecule has 3 N–H and O–H groups in total. The Hall–Kier alpha value is -1.85. The summed E-state index contributed by atoms with van der Waals surface area (Å²) in [6.07, 6.45) is 2.96. The Balaban J connectivity index is 1.92. The number of rotatable bonds is 6. The van der Waals surface area contributed by atoms with Crippen LogP contribution in [-0.4, -0.2) is 35.5 Å². The number of nitrogens with one attached hydrogen (secondary N) is 3. The van der Waals surface area contributed by atoms with E-state index >= 15 is 0 Å². The topological polar surface area (TPSA) is 78.9 Å². The highest BCUT2D eigenvalue weighted by Gasteiger charge is 2.22. The maximum absolute atomic E-state index is 11.5. The molecule has 1 saturated carbocycles. The molecule has 1 aliphatic carbocycles. The van der Waals surface area contributed by atoms with Crippen molar-refractivity contribution in [2.75, 3.05) is 24.2 Å². The lowest BCUT2D eigenvalue weighted by molar-refractivity contribution is -0.119. The summed E-state index contributed by atoms with van der Waals surface area (Å²) in [4.78, 5) is 20.2. The van der Waals surface area contributed by atoms with E-state index in [0.717, 1.165) is 30.9 Å². The summed E-state index contributed by atoms with van der Waals surface area (Å²) in [5, 5.41) is 8.92. The fourth-order valence-electron chi connectivity index (χ4n) is 1.55. The third kappa shape index (κ3) is 3.58. The smallest absolute Gasteiger partial charge is 0.239 e. The van der Waals surface area contributed by atoms with Gasteiger partial charge in [-0.05, 0) is 12.8 Å². The van der Waals surface area contributed by atoms with Crippen molar-refractivity contribution in [3.8, 4) is 0 Å². The Morgan fingerprint density at radius 2 is 2.11 bits per heavy atom. The number of nitrogens with zero attached hydrogens (tertiary/aromatic N) is 2. The summed E-state index contributed by atoms with van der Waals surface area (Å²) in [5.41, 5.74) is 0. The van der Waals surface area contributed by atoms with Crippen LogP contribution in [0.15, 0.2) is 6.07 Å². The minimum absolute atomic E-state index is 0.0140.